The summed E-state index contributed by atoms with van der Waals surface area (Å²) in [5, 5.41) is 13.6. The fourth-order valence-corrected chi connectivity index (χ4v) is 1.64. The zero-order valence-electron chi connectivity index (χ0n) is 8.86. The van der Waals surface area contributed by atoms with Crippen LogP contribution in [0.25, 0.3) is 0 Å². The molecule has 0 aliphatic carbocycles. The second-order valence-electron chi connectivity index (χ2n) is 3.45. The average Bonchev–Trinajstić information content (AvgIpc) is 2.30. The summed E-state index contributed by atoms with van der Waals surface area (Å²) in [6.07, 6.45) is 0.948. The third kappa shape index (κ3) is 1.84. The Hall–Kier alpha value is -2.04. The number of carbonyl (C=O) groups excluding carboxylic acids is 1. The standard InChI is InChI=1S/C11H12N2O3/c1-16-11-7(3-2-4-9(11)14)8-5-6-10(15)13-12-8/h2-4,14H,5-6H2,1H3,(H,13,15). The minimum atomic E-state index is -0.0946. The Morgan fingerprint density at radius 3 is 2.88 bits per heavy atom. The number of ether oxygens (including phenoxy) is 1. The number of rotatable bonds is 2. The zero-order chi connectivity index (χ0) is 11.5. The molecular formula is C11H12N2O3. The van der Waals surface area contributed by atoms with Crippen molar-refractivity contribution in [2.75, 3.05) is 7.11 Å². The Kier molecular flexibility index (Phi) is 2.76. The summed E-state index contributed by atoms with van der Waals surface area (Å²) in [6.45, 7) is 0. The van der Waals surface area contributed by atoms with Crippen LogP contribution >= 0.6 is 0 Å². The lowest BCUT2D eigenvalue weighted by Crippen LogP contribution is -2.26. The van der Waals surface area contributed by atoms with Gasteiger partial charge in [-0.05, 0) is 12.1 Å². The van der Waals surface area contributed by atoms with Gasteiger partial charge in [0.1, 0.15) is 0 Å². The summed E-state index contributed by atoms with van der Waals surface area (Å²) in [6, 6.07) is 5.06. The molecule has 2 N–H and O–H groups in total. The van der Waals surface area contributed by atoms with E-state index in [-0.39, 0.29) is 11.7 Å². The third-order valence-corrected chi connectivity index (χ3v) is 2.41. The van der Waals surface area contributed by atoms with Gasteiger partial charge < -0.3 is 9.84 Å². The summed E-state index contributed by atoms with van der Waals surface area (Å²) < 4.78 is 5.11. The Labute approximate surface area is 92.7 Å². The normalized spacial score (nSPS) is 15.3. The van der Waals surface area contributed by atoms with E-state index in [0.717, 1.165) is 0 Å². The summed E-state index contributed by atoms with van der Waals surface area (Å²) >= 11 is 0. The van der Waals surface area contributed by atoms with Gasteiger partial charge in [0.05, 0.1) is 12.8 Å². The van der Waals surface area contributed by atoms with Gasteiger partial charge in [0.25, 0.3) is 0 Å². The molecular weight excluding hydrogens is 208 g/mol. The molecule has 0 fully saturated rings. The molecule has 0 saturated carbocycles. The minimum absolute atomic E-state index is 0.0691. The zero-order valence-corrected chi connectivity index (χ0v) is 8.86. The number of hydrazone groups is 1. The highest BCUT2D eigenvalue weighted by Crippen LogP contribution is 2.31. The fourth-order valence-electron chi connectivity index (χ4n) is 1.64. The largest absolute Gasteiger partial charge is 0.504 e. The highest BCUT2D eigenvalue weighted by Gasteiger charge is 2.18. The maximum absolute atomic E-state index is 11.0. The van der Waals surface area contributed by atoms with Crippen LogP contribution in [0.2, 0.25) is 0 Å². The van der Waals surface area contributed by atoms with Crippen LogP contribution in [0.15, 0.2) is 23.3 Å². The molecule has 0 unspecified atom stereocenters. The first-order valence-corrected chi connectivity index (χ1v) is 4.94. The number of phenols is 1. The molecule has 1 heterocycles. The van der Waals surface area contributed by atoms with E-state index in [1.54, 1.807) is 18.2 Å². The van der Waals surface area contributed by atoms with Crippen LogP contribution < -0.4 is 10.2 Å². The Balaban J connectivity index is 2.40. The number of amides is 1. The number of hydrogen-bond acceptors (Lipinski definition) is 4. The van der Waals surface area contributed by atoms with E-state index in [2.05, 4.69) is 10.5 Å². The summed E-state index contributed by atoms with van der Waals surface area (Å²) in [7, 11) is 1.49. The smallest absolute Gasteiger partial charge is 0.240 e. The highest BCUT2D eigenvalue weighted by atomic mass is 16.5. The lowest BCUT2D eigenvalue weighted by Gasteiger charge is -2.15. The van der Waals surface area contributed by atoms with Crippen LogP contribution in [-0.4, -0.2) is 23.8 Å². The Morgan fingerprint density at radius 2 is 2.25 bits per heavy atom. The number of carbonyl (C=O) groups is 1. The van der Waals surface area contributed by atoms with Crippen molar-refractivity contribution in [1.82, 2.24) is 5.43 Å². The quantitative estimate of drug-likeness (QED) is 0.781. The molecule has 0 atom stereocenters. The van der Waals surface area contributed by atoms with Crippen molar-refractivity contribution in [2.24, 2.45) is 5.10 Å². The molecule has 0 spiro atoms. The molecule has 0 aromatic heterocycles. The van der Waals surface area contributed by atoms with Gasteiger partial charge in [0, 0.05) is 18.4 Å². The molecule has 2 rings (SSSR count). The van der Waals surface area contributed by atoms with Crippen LogP contribution in [0.5, 0.6) is 11.5 Å². The first-order chi connectivity index (χ1) is 7.72. The molecule has 16 heavy (non-hydrogen) atoms. The molecule has 1 aromatic rings. The molecule has 1 aliphatic rings. The molecule has 5 heteroatoms. The molecule has 84 valence electrons. The van der Waals surface area contributed by atoms with Crippen LogP contribution in [0.1, 0.15) is 18.4 Å². The van der Waals surface area contributed by atoms with Gasteiger partial charge in [-0.3, -0.25) is 4.79 Å². The second-order valence-corrected chi connectivity index (χ2v) is 3.45. The van der Waals surface area contributed by atoms with Gasteiger partial charge in [-0.15, -0.1) is 0 Å². The van der Waals surface area contributed by atoms with E-state index in [1.165, 1.54) is 7.11 Å². The topological polar surface area (TPSA) is 70.9 Å². The first-order valence-electron chi connectivity index (χ1n) is 4.94. The molecule has 0 bridgehead atoms. The van der Waals surface area contributed by atoms with E-state index >= 15 is 0 Å². The second kappa shape index (κ2) is 4.22. The van der Waals surface area contributed by atoms with Gasteiger partial charge in [-0.1, -0.05) is 6.07 Å². The minimum Gasteiger partial charge on any atom is -0.504 e. The lowest BCUT2D eigenvalue weighted by atomic mass is 10.0. The van der Waals surface area contributed by atoms with E-state index in [4.69, 9.17) is 4.74 Å². The number of methoxy groups -OCH3 is 1. The molecule has 1 aromatic carbocycles. The van der Waals surface area contributed by atoms with E-state index in [1.807, 2.05) is 0 Å². The van der Waals surface area contributed by atoms with E-state index < -0.39 is 0 Å². The van der Waals surface area contributed by atoms with Crippen LogP contribution in [0.3, 0.4) is 0 Å². The van der Waals surface area contributed by atoms with Crippen molar-refractivity contribution < 1.29 is 14.6 Å². The number of nitrogens with one attached hydrogen (secondary N) is 1. The molecule has 5 nitrogen and oxygen atoms in total. The predicted octanol–water partition coefficient (Wildman–Crippen LogP) is 1.01. The van der Waals surface area contributed by atoms with Crippen molar-refractivity contribution in [3.05, 3.63) is 23.8 Å². The van der Waals surface area contributed by atoms with Crippen LogP contribution in [0, 0.1) is 0 Å². The number of phenolic OH excluding ortho intramolecular Hbond substituents is 1. The predicted molar refractivity (Wildman–Crippen MR) is 58.6 cm³/mol. The maximum Gasteiger partial charge on any atom is 0.240 e. The van der Waals surface area contributed by atoms with Gasteiger partial charge in [0.15, 0.2) is 11.5 Å². The number of nitrogens with zero attached hydrogens (tertiary/aromatic N) is 1. The number of benzene rings is 1. The highest BCUT2D eigenvalue weighted by molar-refractivity contribution is 6.06. The summed E-state index contributed by atoms with van der Waals surface area (Å²) in [4.78, 5) is 11.0. The van der Waals surface area contributed by atoms with E-state index in [0.29, 0.717) is 29.9 Å². The molecule has 0 saturated heterocycles. The van der Waals surface area contributed by atoms with Crippen LogP contribution in [0.4, 0.5) is 0 Å². The third-order valence-electron chi connectivity index (χ3n) is 2.41. The number of para-hydroxylation sites is 1. The van der Waals surface area contributed by atoms with Crippen LogP contribution in [-0.2, 0) is 4.79 Å². The first kappa shape index (κ1) is 10.5. The fraction of sp³-hybridized carbons (Fsp3) is 0.273. The molecule has 1 amide bonds. The van der Waals surface area contributed by atoms with Crippen molar-refractivity contribution in [3.8, 4) is 11.5 Å². The Bertz CT molecular complexity index is 455. The van der Waals surface area contributed by atoms with Crippen molar-refractivity contribution in [3.63, 3.8) is 0 Å². The average molecular weight is 220 g/mol. The monoisotopic (exact) mass is 220 g/mol. The molecule has 0 radical (unpaired) electrons. The van der Waals surface area contributed by atoms with Gasteiger partial charge >= 0.3 is 0 Å². The van der Waals surface area contributed by atoms with Gasteiger partial charge in [-0.25, -0.2) is 5.43 Å². The Morgan fingerprint density at radius 1 is 1.44 bits per heavy atom. The van der Waals surface area contributed by atoms with Crippen molar-refractivity contribution in [1.29, 1.82) is 0 Å². The molecule has 1 aliphatic heterocycles. The maximum atomic E-state index is 11.0. The van der Waals surface area contributed by atoms with Crippen molar-refractivity contribution >= 4 is 11.6 Å². The number of aromatic hydroxyl groups is 1. The summed E-state index contributed by atoms with van der Waals surface area (Å²) in [5.74, 6) is 0.361. The number of hydrogen-bond donors (Lipinski definition) is 2. The lowest BCUT2D eigenvalue weighted by molar-refractivity contribution is -0.121. The van der Waals surface area contributed by atoms with Gasteiger partial charge in [-0.2, -0.15) is 5.10 Å². The van der Waals surface area contributed by atoms with E-state index in [9.17, 15) is 9.90 Å². The van der Waals surface area contributed by atoms with Crippen molar-refractivity contribution in [2.45, 2.75) is 12.8 Å². The van der Waals surface area contributed by atoms with Gasteiger partial charge in [0.2, 0.25) is 5.91 Å². The summed E-state index contributed by atoms with van der Waals surface area (Å²) in [5.41, 5.74) is 3.84. The SMILES string of the molecule is COc1c(O)cccc1C1=NNC(=O)CC1.